The van der Waals surface area contributed by atoms with Crippen LogP contribution < -0.4 is 4.90 Å². The van der Waals surface area contributed by atoms with E-state index in [0.717, 1.165) is 12.8 Å². The average molecular weight is 500 g/mol. The van der Waals surface area contributed by atoms with Gasteiger partial charge in [-0.15, -0.1) is 0 Å². The molecule has 0 bridgehead atoms. The minimum atomic E-state index is 1.05. The van der Waals surface area contributed by atoms with Crippen molar-refractivity contribution in [1.82, 2.24) is 0 Å². The van der Waals surface area contributed by atoms with Crippen molar-refractivity contribution in [2.45, 2.75) is 12.8 Å². The summed E-state index contributed by atoms with van der Waals surface area (Å²) in [7, 11) is 0. The summed E-state index contributed by atoms with van der Waals surface area (Å²) in [4.78, 5) is 2.43. The Bertz CT molecular complexity index is 1630. The third kappa shape index (κ3) is 4.53. The van der Waals surface area contributed by atoms with Gasteiger partial charge in [-0.2, -0.15) is 0 Å². The largest absolute Gasteiger partial charge is 0.310 e. The van der Waals surface area contributed by atoms with Gasteiger partial charge in [-0.1, -0.05) is 109 Å². The Hall–Kier alpha value is -4.88. The molecule has 0 radical (unpaired) electrons. The van der Waals surface area contributed by atoms with Crippen molar-refractivity contribution in [3.8, 4) is 33.4 Å². The predicted molar refractivity (Wildman–Crippen MR) is 165 cm³/mol. The summed E-state index contributed by atoms with van der Waals surface area (Å²) in [5.41, 5.74) is 13.9. The highest BCUT2D eigenvalue weighted by molar-refractivity contribution is 5.84. The van der Waals surface area contributed by atoms with E-state index >= 15 is 0 Å². The second kappa shape index (κ2) is 10.1. The molecule has 0 aromatic heterocycles. The zero-order chi connectivity index (χ0) is 26.0. The summed E-state index contributed by atoms with van der Waals surface area (Å²) in [5, 5.41) is 0. The lowest BCUT2D eigenvalue weighted by Crippen LogP contribution is -2.11. The lowest BCUT2D eigenvalue weighted by molar-refractivity contribution is 0.977. The van der Waals surface area contributed by atoms with E-state index in [2.05, 4.69) is 157 Å². The Morgan fingerprint density at radius 1 is 0.333 bits per heavy atom. The third-order valence-corrected chi connectivity index (χ3v) is 7.73. The normalized spacial score (nSPS) is 12.4. The molecule has 39 heavy (non-hydrogen) atoms. The summed E-state index contributed by atoms with van der Waals surface area (Å²) < 4.78 is 0. The standard InChI is InChI=1S/C38H29N/c1-3-11-28(12-4-1)33-25-34(29-13-5-2-6-14-29)27-35(26-33)30-21-23-36(24-22-30)39-37-17-9-7-15-31(37)19-20-32-16-8-10-18-38(32)39/h1-18,21-27H,19-20H2. The molecule has 0 N–H and O–H groups in total. The van der Waals surface area contributed by atoms with E-state index in [9.17, 15) is 0 Å². The second-order valence-corrected chi connectivity index (χ2v) is 10.2. The zero-order valence-electron chi connectivity index (χ0n) is 21.8. The van der Waals surface area contributed by atoms with Gasteiger partial charge in [-0.25, -0.2) is 0 Å². The topological polar surface area (TPSA) is 3.24 Å². The lowest BCUT2D eigenvalue weighted by Gasteiger charge is -2.27. The van der Waals surface area contributed by atoms with Crippen LogP contribution in [-0.4, -0.2) is 0 Å². The van der Waals surface area contributed by atoms with Gasteiger partial charge in [0.25, 0.3) is 0 Å². The Balaban J connectivity index is 1.33. The van der Waals surface area contributed by atoms with Crippen LogP contribution in [-0.2, 0) is 12.8 Å². The van der Waals surface area contributed by atoms with Crippen LogP contribution in [0.25, 0.3) is 33.4 Å². The Kier molecular flexibility index (Phi) is 6.03. The van der Waals surface area contributed by atoms with Crippen LogP contribution in [0.5, 0.6) is 0 Å². The highest BCUT2D eigenvalue weighted by atomic mass is 15.1. The van der Waals surface area contributed by atoms with E-state index in [4.69, 9.17) is 0 Å². The molecule has 6 aromatic carbocycles. The Morgan fingerprint density at radius 2 is 0.718 bits per heavy atom. The predicted octanol–water partition coefficient (Wildman–Crippen LogP) is 10.3. The maximum absolute atomic E-state index is 2.43. The molecular weight excluding hydrogens is 470 g/mol. The summed E-state index contributed by atoms with van der Waals surface area (Å²) in [6, 6.07) is 55.0. The SMILES string of the molecule is c1ccc(-c2cc(-c3ccccc3)cc(-c3ccc(N4c5ccccc5CCc5ccccc54)cc3)c2)cc1. The van der Waals surface area contributed by atoms with Gasteiger partial charge >= 0.3 is 0 Å². The van der Waals surface area contributed by atoms with Crippen LogP contribution in [0.1, 0.15) is 11.1 Å². The highest BCUT2D eigenvalue weighted by Gasteiger charge is 2.21. The van der Waals surface area contributed by atoms with Crippen molar-refractivity contribution in [2.75, 3.05) is 4.90 Å². The smallest absolute Gasteiger partial charge is 0.0493 e. The van der Waals surface area contributed by atoms with Gasteiger partial charge in [0.1, 0.15) is 0 Å². The van der Waals surface area contributed by atoms with Gasteiger partial charge < -0.3 is 4.90 Å². The number of benzene rings is 6. The van der Waals surface area contributed by atoms with Crippen LogP contribution in [0.15, 0.2) is 152 Å². The highest BCUT2D eigenvalue weighted by Crippen LogP contribution is 2.42. The first-order valence-electron chi connectivity index (χ1n) is 13.7. The van der Waals surface area contributed by atoms with Gasteiger partial charge in [0.05, 0.1) is 0 Å². The van der Waals surface area contributed by atoms with E-state index in [1.807, 2.05) is 0 Å². The van der Waals surface area contributed by atoms with Crippen molar-refractivity contribution in [2.24, 2.45) is 0 Å². The summed E-state index contributed by atoms with van der Waals surface area (Å²) in [5.74, 6) is 0. The molecule has 1 heterocycles. The molecule has 186 valence electrons. The Labute approximate surface area is 230 Å². The number of hydrogen-bond donors (Lipinski definition) is 0. The molecule has 1 aliphatic rings. The molecule has 0 fully saturated rings. The van der Waals surface area contributed by atoms with Crippen molar-refractivity contribution >= 4 is 17.1 Å². The van der Waals surface area contributed by atoms with Crippen molar-refractivity contribution in [1.29, 1.82) is 0 Å². The first-order valence-corrected chi connectivity index (χ1v) is 13.7. The van der Waals surface area contributed by atoms with Crippen LogP contribution in [0.4, 0.5) is 17.1 Å². The van der Waals surface area contributed by atoms with E-state index in [-0.39, 0.29) is 0 Å². The number of hydrogen-bond acceptors (Lipinski definition) is 1. The number of nitrogens with zero attached hydrogens (tertiary/aromatic N) is 1. The third-order valence-electron chi connectivity index (χ3n) is 7.73. The molecule has 7 rings (SSSR count). The van der Waals surface area contributed by atoms with Crippen LogP contribution in [0, 0.1) is 0 Å². The van der Waals surface area contributed by atoms with Crippen LogP contribution in [0.2, 0.25) is 0 Å². The molecule has 0 unspecified atom stereocenters. The van der Waals surface area contributed by atoms with Crippen molar-refractivity contribution < 1.29 is 0 Å². The fourth-order valence-corrected chi connectivity index (χ4v) is 5.75. The van der Waals surface area contributed by atoms with Gasteiger partial charge in [-0.3, -0.25) is 0 Å². The average Bonchev–Trinajstić information content (AvgIpc) is 3.19. The van der Waals surface area contributed by atoms with Crippen LogP contribution in [0.3, 0.4) is 0 Å². The number of rotatable bonds is 4. The zero-order valence-corrected chi connectivity index (χ0v) is 21.8. The fourth-order valence-electron chi connectivity index (χ4n) is 5.75. The monoisotopic (exact) mass is 499 g/mol. The molecule has 1 nitrogen and oxygen atoms in total. The number of anilines is 3. The molecule has 6 aromatic rings. The van der Waals surface area contributed by atoms with E-state index in [1.165, 1.54) is 61.6 Å². The molecule has 0 atom stereocenters. The molecule has 0 saturated heterocycles. The van der Waals surface area contributed by atoms with E-state index in [0.29, 0.717) is 0 Å². The van der Waals surface area contributed by atoms with E-state index < -0.39 is 0 Å². The molecule has 0 amide bonds. The minimum absolute atomic E-state index is 1.05. The van der Waals surface area contributed by atoms with Crippen molar-refractivity contribution in [3.63, 3.8) is 0 Å². The van der Waals surface area contributed by atoms with Gasteiger partial charge in [-0.05, 0) is 99.8 Å². The molecule has 1 aliphatic heterocycles. The first kappa shape index (κ1) is 23.3. The Morgan fingerprint density at radius 3 is 1.18 bits per heavy atom. The maximum atomic E-state index is 2.43. The van der Waals surface area contributed by atoms with E-state index in [1.54, 1.807) is 0 Å². The summed E-state index contributed by atoms with van der Waals surface area (Å²) >= 11 is 0. The number of fused-ring (bicyclic) bond motifs is 2. The number of para-hydroxylation sites is 2. The second-order valence-electron chi connectivity index (χ2n) is 10.2. The summed E-state index contributed by atoms with van der Waals surface area (Å²) in [6.07, 6.45) is 2.10. The maximum Gasteiger partial charge on any atom is 0.0493 e. The summed E-state index contributed by atoms with van der Waals surface area (Å²) in [6.45, 7) is 0. The minimum Gasteiger partial charge on any atom is -0.310 e. The number of aryl methyl sites for hydroxylation is 2. The van der Waals surface area contributed by atoms with Gasteiger partial charge in [0.2, 0.25) is 0 Å². The first-order chi connectivity index (χ1) is 19.3. The molecule has 0 aliphatic carbocycles. The molecular formula is C38H29N. The molecule has 0 saturated carbocycles. The van der Waals surface area contributed by atoms with Crippen LogP contribution >= 0.6 is 0 Å². The molecule has 0 spiro atoms. The lowest BCUT2D eigenvalue weighted by atomic mass is 9.93. The fraction of sp³-hybridized carbons (Fsp3) is 0.0526. The van der Waals surface area contributed by atoms with Crippen molar-refractivity contribution in [3.05, 3.63) is 163 Å². The molecule has 1 heteroatoms. The van der Waals surface area contributed by atoms with Gasteiger partial charge in [0, 0.05) is 17.1 Å². The van der Waals surface area contributed by atoms with Gasteiger partial charge in [0.15, 0.2) is 0 Å². The quantitative estimate of drug-likeness (QED) is 0.233.